The maximum absolute atomic E-state index is 11.7. The summed E-state index contributed by atoms with van der Waals surface area (Å²) >= 11 is 5.04. The topological polar surface area (TPSA) is 80.2 Å². The minimum atomic E-state index is -0.332. The van der Waals surface area contributed by atoms with Crippen LogP contribution in [0.4, 0.5) is 0 Å². The van der Waals surface area contributed by atoms with Gasteiger partial charge in [0.15, 0.2) is 10.8 Å². The van der Waals surface area contributed by atoms with Gasteiger partial charge in [0.25, 0.3) is 5.91 Å². The second-order valence-corrected chi connectivity index (χ2v) is 4.71. The Labute approximate surface area is 116 Å². The molecule has 0 radical (unpaired) electrons. The van der Waals surface area contributed by atoms with Gasteiger partial charge in [-0.2, -0.15) is 5.10 Å². The number of rotatable bonds is 3. The average Bonchev–Trinajstić information content (AvgIpc) is 3.04. The molecular weight excluding hydrogens is 266 g/mol. The number of carbonyl (C=O) groups is 1. The van der Waals surface area contributed by atoms with Crippen LogP contribution in [0.1, 0.15) is 23.3 Å². The van der Waals surface area contributed by atoms with Gasteiger partial charge in [0.05, 0.1) is 6.10 Å². The molecule has 1 aliphatic heterocycles. The lowest BCUT2D eigenvalue weighted by molar-refractivity contribution is 0.0937. The number of ether oxygens (including phenoxy) is 1. The summed E-state index contributed by atoms with van der Waals surface area (Å²) in [5, 5.41) is 7.33. The van der Waals surface area contributed by atoms with Crippen LogP contribution >= 0.6 is 12.2 Å². The van der Waals surface area contributed by atoms with Gasteiger partial charge in [0, 0.05) is 26.4 Å². The second kappa shape index (κ2) is 6.48. The van der Waals surface area contributed by atoms with E-state index in [1.165, 1.54) is 0 Å². The van der Waals surface area contributed by atoms with Gasteiger partial charge < -0.3 is 10.1 Å². The Kier molecular flexibility index (Phi) is 4.69. The fraction of sp³-hybridized carbons (Fsp3) is 0.545. The van der Waals surface area contributed by atoms with Crippen LogP contribution in [0.25, 0.3) is 0 Å². The van der Waals surface area contributed by atoms with Crippen molar-refractivity contribution in [1.82, 2.24) is 25.9 Å². The lowest BCUT2D eigenvalue weighted by Gasteiger charge is -2.14. The molecule has 1 saturated heterocycles. The Morgan fingerprint density at radius 2 is 2.47 bits per heavy atom. The molecular formula is C11H17N5O2S. The first-order chi connectivity index (χ1) is 9.15. The van der Waals surface area contributed by atoms with Crippen LogP contribution in [0, 0.1) is 0 Å². The van der Waals surface area contributed by atoms with Crippen molar-refractivity contribution < 1.29 is 9.53 Å². The number of nitrogens with zero attached hydrogens (tertiary/aromatic N) is 2. The number of amides is 1. The number of carbonyl (C=O) groups excluding carboxylic acids is 1. The Hall–Kier alpha value is -1.67. The first-order valence-electron chi connectivity index (χ1n) is 6.10. The Balaban J connectivity index is 1.66. The summed E-state index contributed by atoms with van der Waals surface area (Å²) in [5.41, 5.74) is 5.44. The highest BCUT2D eigenvalue weighted by molar-refractivity contribution is 7.80. The van der Waals surface area contributed by atoms with Crippen molar-refractivity contribution in [2.75, 3.05) is 13.2 Å². The summed E-state index contributed by atoms with van der Waals surface area (Å²) in [6, 6.07) is 1.62. The van der Waals surface area contributed by atoms with Crippen molar-refractivity contribution in [3.05, 3.63) is 18.0 Å². The molecule has 1 fully saturated rings. The first kappa shape index (κ1) is 13.8. The van der Waals surface area contributed by atoms with Crippen LogP contribution in [-0.2, 0) is 11.8 Å². The van der Waals surface area contributed by atoms with Gasteiger partial charge in [0.2, 0.25) is 0 Å². The molecule has 1 aliphatic rings. The van der Waals surface area contributed by atoms with Crippen molar-refractivity contribution in [2.24, 2.45) is 7.05 Å². The van der Waals surface area contributed by atoms with Crippen LogP contribution in [0.2, 0.25) is 0 Å². The van der Waals surface area contributed by atoms with Gasteiger partial charge in [-0.25, -0.2) is 0 Å². The molecule has 7 nitrogen and oxygen atoms in total. The van der Waals surface area contributed by atoms with Gasteiger partial charge in [-0.05, 0) is 31.1 Å². The van der Waals surface area contributed by atoms with Gasteiger partial charge in [-0.1, -0.05) is 0 Å². The molecule has 1 atom stereocenters. The molecule has 1 amide bonds. The van der Waals surface area contributed by atoms with Crippen molar-refractivity contribution in [3.8, 4) is 0 Å². The smallest absolute Gasteiger partial charge is 0.290 e. The van der Waals surface area contributed by atoms with Gasteiger partial charge in [0.1, 0.15) is 0 Å². The third-order valence-electron chi connectivity index (χ3n) is 2.75. The molecule has 19 heavy (non-hydrogen) atoms. The molecule has 2 heterocycles. The van der Waals surface area contributed by atoms with Gasteiger partial charge in [-0.15, -0.1) is 0 Å². The van der Waals surface area contributed by atoms with E-state index in [0.29, 0.717) is 17.4 Å². The summed E-state index contributed by atoms with van der Waals surface area (Å²) in [7, 11) is 1.75. The molecule has 1 aromatic rings. The predicted molar refractivity (Wildman–Crippen MR) is 73.4 cm³/mol. The van der Waals surface area contributed by atoms with E-state index in [1.807, 2.05) is 0 Å². The summed E-state index contributed by atoms with van der Waals surface area (Å²) in [6.45, 7) is 1.45. The number of hydrogen-bond acceptors (Lipinski definition) is 4. The van der Waals surface area contributed by atoms with Crippen LogP contribution in [-0.4, -0.2) is 40.1 Å². The van der Waals surface area contributed by atoms with Crippen molar-refractivity contribution >= 4 is 23.2 Å². The zero-order valence-electron chi connectivity index (χ0n) is 10.7. The predicted octanol–water partition coefficient (Wildman–Crippen LogP) is -0.292. The minimum Gasteiger partial charge on any atom is -0.376 e. The third kappa shape index (κ3) is 4.18. The summed E-state index contributed by atoms with van der Waals surface area (Å²) < 4.78 is 7.01. The standard InChI is InChI=1S/C11H17N5O2S/c1-16-5-4-9(15-16)10(17)13-14-11(19)12-7-8-3-2-6-18-8/h4-5,8H,2-3,6-7H2,1H3,(H,13,17)(H2,12,14,19). The highest BCUT2D eigenvalue weighted by Crippen LogP contribution is 2.10. The highest BCUT2D eigenvalue weighted by Gasteiger charge is 2.15. The van der Waals surface area contributed by atoms with E-state index in [-0.39, 0.29) is 12.0 Å². The van der Waals surface area contributed by atoms with Crippen LogP contribution in [0.15, 0.2) is 12.3 Å². The fourth-order valence-corrected chi connectivity index (χ4v) is 1.90. The summed E-state index contributed by atoms with van der Waals surface area (Å²) in [5.74, 6) is -0.332. The molecule has 3 N–H and O–H groups in total. The first-order valence-corrected chi connectivity index (χ1v) is 6.51. The quantitative estimate of drug-likeness (QED) is 0.522. The van der Waals surface area contributed by atoms with E-state index in [9.17, 15) is 4.79 Å². The van der Waals surface area contributed by atoms with E-state index >= 15 is 0 Å². The normalized spacial score (nSPS) is 18.1. The number of aromatic nitrogens is 2. The zero-order valence-corrected chi connectivity index (χ0v) is 11.5. The Morgan fingerprint density at radius 3 is 3.11 bits per heavy atom. The molecule has 2 rings (SSSR count). The van der Waals surface area contributed by atoms with Crippen molar-refractivity contribution in [3.63, 3.8) is 0 Å². The Bertz CT molecular complexity index is 456. The largest absolute Gasteiger partial charge is 0.376 e. The molecule has 0 spiro atoms. The number of thiocarbonyl (C=S) groups is 1. The maximum Gasteiger partial charge on any atom is 0.290 e. The number of nitrogens with one attached hydrogen (secondary N) is 3. The Morgan fingerprint density at radius 1 is 1.63 bits per heavy atom. The number of hydrazine groups is 1. The van der Waals surface area contributed by atoms with Gasteiger partial charge in [-0.3, -0.25) is 20.3 Å². The average molecular weight is 283 g/mol. The monoisotopic (exact) mass is 283 g/mol. The van der Waals surface area contributed by atoms with Crippen molar-refractivity contribution in [2.45, 2.75) is 18.9 Å². The maximum atomic E-state index is 11.7. The van der Waals surface area contributed by atoms with E-state index in [2.05, 4.69) is 21.3 Å². The second-order valence-electron chi connectivity index (χ2n) is 4.30. The summed E-state index contributed by atoms with van der Waals surface area (Å²) in [4.78, 5) is 11.7. The molecule has 1 unspecified atom stereocenters. The third-order valence-corrected chi connectivity index (χ3v) is 3.00. The van der Waals surface area contributed by atoms with E-state index in [4.69, 9.17) is 17.0 Å². The lowest BCUT2D eigenvalue weighted by atomic mass is 10.2. The molecule has 0 aliphatic carbocycles. The summed E-state index contributed by atoms with van der Waals surface area (Å²) in [6.07, 6.45) is 4.02. The van der Waals surface area contributed by atoms with Crippen molar-refractivity contribution in [1.29, 1.82) is 0 Å². The van der Waals surface area contributed by atoms with E-state index in [1.54, 1.807) is 24.0 Å². The highest BCUT2D eigenvalue weighted by atomic mass is 32.1. The molecule has 1 aromatic heterocycles. The van der Waals surface area contributed by atoms with E-state index in [0.717, 1.165) is 19.4 Å². The van der Waals surface area contributed by atoms with Crippen LogP contribution < -0.4 is 16.2 Å². The molecule has 0 saturated carbocycles. The van der Waals surface area contributed by atoms with Crippen LogP contribution in [0.5, 0.6) is 0 Å². The van der Waals surface area contributed by atoms with Gasteiger partial charge >= 0.3 is 0 Å². The molecule has 0 bridgehead atoms. The molecule has 0 aromatic carbocycles. The minimum absolute atomic E-state index is 0.200. The molecule has 8 heteroatoms. The lowest BCUT2D eigenvalue weighted by Crippen LogP contribution is -2.48. The number of hydrogen-bond donors (Lipinski definition) is 3. The molecule has 104 valence electrons. The van der Waals surface area contributed by atoms with E-state index < -0.39 is 0 Å². The SMILES string of the molecule is Cn1ccc(C(=O)NNC(=S)NCC2CCCO2)n1. The van der Waals surface area contributed by atoms with Crippen LogP contribution in [0.3, 0.4) is 0 Å². The number of aryl methyl sites for hydroxylation is 1. The zero-order chi connectivity index (χ0) is 13.7. The fourth-order valence-electron chi connectivity index (χ4n) is 1.77.